The van der Waals surface area contributed by atoms with E-state index in [1.54, 1.807) is 30.3 Å². The molecule has 0 aliphatic carbocycles. The quantitative estimate of drug-likeness (QED) is 0.309. The van der Waals surface area contributed by atoms with E-state index in [9.17, 15) is 24.3 Å². The number of carboxylic acids is 1. The molecular weight excluding hydrogens is 585 g/mol. The molecule has 196 valence electrons. The van der Waals surface area contributed by atoms with Gasteiger partial charge in [0.2, 0.25) is 9.70 Å². The van der Waals surface area contributed by atoms with Gasteiger partial charge in [0.15, 0.2) is 0 Å². The second-order valence-corrected chi connectivity index (χ2v) is 12.7. The average Bonchev–Trinajstić information content (AvgIpc) is 3.37. The molecule has 0 saturated carbocycles. The molecule has 3 amide bonds. The van der Waals surface area contributed by atoms with E-state index in [0.29, 0.717) is 23.3 Å². The van der Waals surface area contributed by atoms with Crippen molar-refractivity contribution in [2.75, 3.05) is 12.4 Å². The van der Waals surface area contributed by atoms with Gasteiger partial charge in [0.1, 0.15) is 29.8 Å². The van der Waals surface area contributed by atoms with Crippen LogP contribution in [0.5, 0.6) is 0 Å². The van der Waals surface area contributed by atoms with E-state index in [-0.39, 0.29) is 5.70 Å². The molecule has 1 aromatic heterocycles. The first-order chi connectivity index (χ1) is 17.5. The first-order valence-corrected chi connectivity index (χ1v) is 13.9. The predicted octanol–water partition coefficient (Wildman–Crippen LogP) is 3.87. The summed E-state index contributed by atoms with van der Waals surface area (Å²) in [5.74, 6) is -2.03. The number of rotatable bonds is 8. The van der Waals surface area contributed by atoms with E-state index in [1.165, 1.54) is 28.0 Å². The number of nitrogens with one attached hydrogen (secondary N) is 2. The minimum atomic E-state index is -1.83. The highest BCUT2D eigenvalue weighted by molar-refractivity contribution is 8.00. The number of carbonyl (C=O) groups excluding carboxylic acids is 3. The van der Waals surface area contributed by atoms with Crippen LogP contribution in [0.25, 0.3) is 0 Å². The number of halogens is 3. The number of thioether (sulfide) groups is 1. The van der Waals surface area contributed by atoms with Crippen molar-refractivity contribution in [2.45, 2.75) is 27.7 Å². The third-order valence-corrected chi connectivity index (χ3v) is 8.08. The molecule has 1 fully saturated rings. The van der Waals surface area contributed by atoms with Crippen LogP contribution in [0.1, 0.15) is 16.5 Å². The Morgan fingerprint density at radius 2 is 1.89 bits per heavy atom. The maximum Gasteiger partial charge on any atom is 0.408 e. The predicted molar refractivity (Wildman–Crippen MR) is 142 cm³/mol. The van der Waals surface area contributed by atoms with Crippen LogP contribution in [0.4, 0.5) is 4.79 Å². The molecule has 0 spiro atoms. The number of alkyl halides is 3. The lowest BCUT2D eigenvalue weighted by molar-refractivity contribution is -0.151. The van der Waals surface area contributed by atoms with E-state index in [0.717, 1.165) is 4.88 Å². The van der Waals surface area contributed by atoms with Crippen LogP contribution in [0.3, 0.4) is 0 Å². The fraction of sp³-hybridized carbons (Fsp3) is 0.304. The number of amides is 3. The summed E-state index contributed by atoms with van der Waals surface area (Å²) in [6.07, 6.45) is -0.575. The highest BCUT2D eigenvalue weighted by Crippen LogP contribution is 2.41. The second kappa shape index (κ2) is 11.5. The van der Waals surface area contributed by atoms with Gasteiger partial charge in [-0.15, -0.1) is 23.1 Å². The monoisotopic (exact) mass is 603 g/mol. The van der Waals surface area contributed by atoms with Crippen molar-refractivity contribution >= 4 is 81.8 Å². The largest absolute Gasteiger partial charge is 0.477 e. The van der Waals surface area contributed by atoms with Crippen molar-refractivity contribution in [1.82, 2.24) is 15.5 Å². The number of carbonyl (C=O) groups is 4. The van der Waals surface area contributed by atoms with Crippen molar-refractivity contribution < 1.29 is 29.0 Å². The number of ether oxygens (including phenoxy) is 1. The lowest BCUT2D eigenvalue weighted by Crippen LogP contribution is -2.71. The maximum absolute atomic E-state index is 13.2. The molecule has 1 saturated heterocycles. The van der Waals surface area contributed by atoms with Crippen LogP contribution in [-0.2, 0) is 25.5 Å². The van der Waals surface area contributed by atoms with Crippen molar-refractivity contribution in [3.8, 4) is 0 Å². The van der Waals surface area contributed by atoms with Gasteiger partial charge in [-0.25, -0.2) is 9.59 Å². The number of β-lactam (4-membered cyclic amide) rings is 1. The van der Waals surface area contributed by atoms with Gasteiger partial charge in [-0.05, 0) is 22.6 Å². The molecule has 14 heteroatoms. The van der Waals surface area contributed by atoms with Gasteiger partial charge in [-0.2, -0.15) is 0 Å². The molecule has 0 radical (unpaired) electrons. The van der Waals surface area contributed by atoms with Gasteiger partial charge in [-0.1, -0.05) is 71.2 Å². The van der Waals surface area contributed by atoms with Crippen molar-refractivity contribution in [2.24, 2.45) is 0 Å². The van der Waals surface area contributed by atoms with Crippen LogP contribution < -0.4 is 10.6 Å². The topological polar surface area (TPSA) is 125 Å². The molecule has 2 aliphatic heterocycles. The Bertz CT molecular complexity index is 1220. The van der Waals surface area contributed by atoms with E-state index in [4.69, 9.17) is 39.5 Å². The number of carboxylic acid groups (broad SMARTS) is 1. The summed E-state index contributed by atoms with van der Waals surface area (Å²) in [5.41, 5.74) is 1.01. The molecule has 2 aliphatic rings. The number of nitrogens with zero attached hydrogens (tertiary/aromatic N) is 1. The molecule has 4 rings (SSSR count). The number of hydrogen-bond donors (Lipinski definition) is 3. The molecular formula is C23H20Cl3N3O6S2. The summed E-state index contributed by atoms with van der Waals surface area (Å²) in [4.78, 5) is 52.8. The molecule has 3 N–H and O–H groups in total. The summed E-state index contributed by atoms with van der Waals surface area (Å²) >= 11 is 19.7. The Morgan fingerprint density at radius 3 is 2.51 bits per heavy atom. The van der Waals surface area contributed by atoms with E-state index in [1.807, 2.05) is 17.5 Å². The van der Waals surface area contributed by atoms with E-state index < -0.39 is 51.7 Å². The lowest BCUT2D eigenvalue weighted by atomic mass is 10.00. The highest BCUT2D eigenvalue weighted by atomic mass is 35.6. The third-order valence-electron chi connectivity index (χ3n) is 5.54. The van der Waals surface area contributed by atoms with Gasteiger partial charge in [-0.3, -0.25) is 14.5 Å². The van der Waals surface area contributed by atoms with Gasteiger partial charge < -0.3 is 20.5 Å². The minimum absolute atomic E-state index is 0.0549. The molecule has 9 nitrogen and oxygen atoms in total. The highest BCUT2D eigenvalue weighted by Gasteiger charge is 2.54. The fourth-order valence-corrected chi connectivity index (χ4v) is 6.19. The Hall–Kier alpha value is -2.44. The standard InChI is InChI=1S/C23H20Cl3N3O6S2/c24-23(25,26)11-35-22(34)28-15(12-5-2-1-3-6-12)18(30)27-16-19(31)29-17(21(32)33)13(10-37-20(16)29)9-14-7-4-8-36-14/h1-8,15-16,20H,9-11H2,(H,27,30)(H,28,34)(H,32,33)/t15-,16+,20-/m0/s1. The number of thiophene rings is 1. The summed E-state index contributed by atoms with van der Waals surface area (Å²) in [7, 11) is 0. The Morgan fingerprint density at radius 1 is 1.16 bits per heavy atom. The zero-order chi connectivity index (χ0) is 26.7. The van der Waals surface area contributed by atoms with Gasteiger partial charge in [0.05, 0.1) is 0 Å². The van der Waals surface area contributed by atoms with Gasteiger partial charge in [0, 0.05) is 17.1 Å². The Kier molecular flexibility index (Phi) is 8.59. The smallest absolute Gasteiger partial charge is 0.408 e. The van der Waals surface area contributed by atoms with Crippen LogP contribution >= 0.6 is 57.9 Å². The number of fused-ring (bicyclic) bond motifs is 1. The molecule has 2 aromatic rings. The lowest BCUT2D eigenvalue weighted by Gasteiger charge is -2.49. The maximum atomic E-state index is 13.2. The number of aliphatic carboxylic acids is 1. The molecule has 3 heterocycles. The molecule has 0 bridgehead atoms. The average molecular weight is 605 g/mol. The SMILES string of the molecule is O=C(N[C@H](C(=O)N[C@@H]1C(=O)N2C(C(=O)O)=C(Cc3cccs3)CS[C@@H]12)c1ccccc1)OCC(Cl)(Cl)Cl. The third kappa shape index (κ3) is 6.53. The first-order valence-electron chi connectivity index (χ1n) is 10.8. The normalized spacial score (nSPS) is 20.0. The molecule has 3 atom stereocenters. The molecule has 0 unspecified atom stereocenters. The number of benzene rings is 1. The first kappa shape index (κ1) is 27.6. The van der Waals surface area contributed by atoms with Crippen molar-refractivity contribution in [1.29, 1.82) is 0 Å². The van der Waals surface area contributed by atoms with E-state index in [2.05, 4.69) is 10.6 Å². The van der Waals surface area contributed by atoms with Gasteiger partial charge in [0.25, 0.3) is 5.91 Å². The Labute approximate surface area is 235 Å². The van der Waals surface area contributed by atoms with Crippen molar-refractivity contribution in [3.05, 3.63) is 69.6 Å². The van der Waals surface area contributed by atoms with Crippen LogP contribution in [0.2, 0.25) is 0 Å². The zero-order valence-corrected chi connectivity index (χ0v) is 22.8. The number of alkyl carbamates (subject to hydrolysis) is 1. The van der Waals surface area contributed by atoms with E-state index >= 15 is 0 Å². The fourth-order valence-electron chi connectivity index (χ4n) is 3.93. The second-order valence-electron chi connectivity index (χ2n) is 8.09. The molecule has 37 heavy (non-hydrogen) atoms. The zero-order valence-electron chi connectivity index (χ0n) is 18.9. The van der Waals surface area contributed by atoms with Gasteiger partial charge >= 0.3 is 12.1 Å². The minimum Gasteiger partial charge on any atom is -0.477 e. The summed E-state index contributed by atoms with van der Waals surface area (Å²) in [6, 6.07) is 9.92. The Balaban J connectivity index is 1.48. The summed E-state index contributed by atoms with van der Waals surface area (Å²) in [5, 5.41) is 16.2. The summed E-state index contributed by atoms with van der Waals surface area (Å²) < 4.78 is 3.05. The summed E-state index contributed by atoms with van der Waals surface area (Å²) in [6.45, 7) is -0.542. The number of hydrogen-bond acceptors (Lipinski definition) is 7. The van der Waals surface area contributed by atoms with Crippen molar-refractivity contribution in [3.63, 3.8) is 0 Å². The molecule has 1 aromatic carbocycles. The van der Waals surface area contributed by atoms with Crippen LogP contribution in [0.15, 0.2) is 59.1 Å². The van der Waals surface area contributed by atoms with Crippen LogP contribution in [0, 0.1) is 0 Å². The van der Waals surface area contributed by atoms with Crippen LogP contribution in [-0.4, -0.2) is 61.5 Å².